The molecule has 23 heavy (non-hydrogen) atoms. The number of alkyl halides is 2. The van der Waals surface area contributed by atoms with Gasteiger partial charge < -0.3 is 10.1 Å². The molecular formula is C15H20F2N2O3S. The van der Waals surface area contributed by atoms with Gasteiger partial charge in [0.05, 0.1) is 17.6 Å². The largest absolute Gasteiger partial charge is 0.382 e. The molecule has 0 spiro atoms. The van der Waals surface area contributed by atoms with Crippen LogP contribution in [0, 0.1) is 0 Å². The molecule has 2 aliphatic rings. The van der Waals surface area contributed by atoms with Crippen molar-refractivity contribution >= 4 is 15.5 Å². The van der Waals surface area contributed by atoms with Crippen molar-refractivity contribution in [1.82, 2.24) is 4.90 Å². The van der Waals surface area contributed by atoms with Crippen LogP contribution in [0.4, 0.5) is 14.5 Å². The van der Waals surface area contributed by atoms with Crippen LogP contribution in [-0.4, -0.2) is 57.5 Å². The summed E-state index contributed by atoms with van der Waals surface area (Å²) in [5.74, 6) is -3.40. The molecule has 1 aliphatic heterocycles. The third kappa shape index (κ3) is 3.99. The van der Waals surface area contributed by atoms with E-state index >= 15 is 0 Å². The molecule has 8 heteroatoms. The Kier molecular flexibility index (Phi) is 4.84. The van der Waals surface area contributed by atoms with Crippen molar-refractivity contribution in [3.8, 4) is 0 Å². The number of benzene rings is 1. The Labute approximate surface area is 134 Å². The van der Waals surface area contributed by atoms with E-state index < -0.39 is 15.6 Å². The Morgan fingerprint density at radius 3 is 2.57 bits per heavy atom. The number of nitrogens with one attached hydrogen (secondary N) is 1. The number of ether oxygens (including phenoxy) is 1. The number of nitrogens with zero attached hydrogens (tertiary/aromatic N) is 1. The molecule has 0 aromatic heterocycles. The Balaban J connectivity index is 1.54. The number of morpholine rings is 1. The van der Waals surface area contributed by atoms with Gasteiger partial charge in [0.1, 0.15) is 0 Å². The van der Waals surface area contributed by atoms with Crippen LogP contribution in [0.5, 0.6) is 0 Å². The normalized spacial score (nSPS) is 23.2. The van der Waals surface area contributed by atoms with Crippen molar-refractivity contribution in [3.63, 3.8) is 0 Å². The maximum atomic E-state index is 12.5. The molecule has 1 aromatic rings. The van der Waals surface area contributed by atoms with Gasteiger partial charge in [0.2, 0.25) is 9.84 Å². The van der Waals surface area contributed by atoms with E-state index in [1.165, 1.54) is 37.1 Å². The molecule has 5 nitrogen and oxygen atoms in total. The highest BCUT2D eigenvalue weighted by molar-refractivity contribution is 7.91. The van der Waals surface area contributed by atoms with E-state index in [-0.39, 0.29) is 11.0 Å². The van der Waals surface area contributed by atoms with Crippen molar-refractivity contribution in [1.29, 1.82) is 0 Å². The number of rotatable bonds is 6. The van der Waals surface area contributed by atoms with Crippen LogP contribution in [0.25, 0.3) is 0 Å². The molecule has 1 N–H and O–H groups in total. The lowest BCUT2D eigenvalue weighted by Crippen LogP contribution is -2.46. The molecule has 0 amide bonds. The monoisotopic (exact) mass is 346 g/mol. The van der Waals surface area contributed by atoms with E-state index in [9.17, 15) is 17.2 Å². The molecule has 1 atom stereocenters. The second kappa shape index (κ2) is 6.70. The van der Waals surface area contributed by atoms with E-state index in [0.29, 0.717) is 24.9 Å². The fourth-order valence-corrected chi connectivity index (χ4v) is 3.46. The Morgan fingerprint density at radius 2 is 1.96 bits per heavy atom. The molecule has 1 aliphatic carbocycles. The van der Waals surface area contributed by atoms with Gasteiger partial charge in [-0.3, -0.25) is 4.90 Å². The predicted octanol–water partition coefficient (Wildman–Crippen LogP) is 1.96. The number of hydrogen-bond acceptors (Lipinski definition) is 5. The Hall–Kier alpha value is -1.25. The quantitative estimate of drug-likeness (QED) is 0.853. The molecular weight excluding hydrogens is 326 g/mol. The first-order chi connectivity index (χ1) is 11.0. The zero-order valence-corrected chi connectivity index (χ0v) is 13.4. The van der Waals surface area contributed by atoms with Crippen LogP contribution in [0.3, 0.4) is 0 Å². The Bertz CT molecular complexity index is 633. The van der Waals surface area contributed by atoms with E-state index in [1.54, 1.807) is 0 Å². The molecule has 2 fully saturated rings. The molecule has 0 bridgehead atoms. The van der Waals surface area contributed by atoms with Crippen LogP contribution in [0.15, 0.2) is 29.2 Å². The lowest BCUT2D eigenvalue weighted by Gasteiger charge is -2.33. The van der Waals surface area contributed by atoms with Gasteiger partial charge in [0.25, 0.3) is 0 Å². The average molecular weight is 346 g/mol. The van der Waals surface area contributed by atoms with Crippen LogP contribution >= 0.6 is 0 Å². The van der Waals surface area contributed by atoms with E-state index in [0.717, 1.165) is 13.1 Å². The van der Waals surface area contributed by atoms with E-state index in [4.69, 9.17) is 4.74 Å². The fraction of sp³-hybridized carbons (Fsp3) is 0.600. The maximum absolute atomic E-state index is 12.5. The number of anilines is 1. The SMILES string of the molecule is O=S(=O)(c1ccc(NCC2CN(C3CC3)CCO2)cc1)C(F)F. The Morgan fingerprint density at radius 1 is 1.26 bits per heavy atom. The summed E-state index contributed by atoms with van der Waals surface area (Å²) in [7, 11) is -4.53. The van der Waals surface area contributed by atoms with Gasteiger partial charge >= 0.3 is 5.76 Å². The number of halogens is 2. The highest BCUT2D eigenvalue weighted by atomic mass is 32.2. The fourth-order valence-electron chi connectivity index (χ4n) is 2.73. The summed E-state index contributed by atoms with van der Waals surface area (Å²) >= 11 is 0. The number of hydrogen-bond donors (Lipinski definition) is 1. The van der Waals surface area contributed by atoms with E-state index in [2.05, 4.69) is 10.2 Å². The van der Waals surface area contributed by atoms with Gasteiger partial charge in [0, 0.05) is 31.4 Å². The van der Waals surface area contributed by atoms with Crippen LogP contribution in [-0.2, 0) is 14.6 Å². The first-order valence-corrected chi connectivity index (χ1v) is 9.23. The summed E-state index contributed by atoms with van der Waals surface area (Å²) in [6.45, 7) is 3.18. The van der Waals surface area contributed by atoms with Gasteiger partial charge in [-0.1, -0.05) is 0 Å². The van der Waals surface area contributed by atoms with Crippen molar-refractivity contribution in [2.24, 2.45) is 0 Å². The molecule has 1 unspecified atom stereocenters. The van der Waals surface area contributed by atoms with Gasteiger partial charge in [-0.2, -0.15) is 8.78 Å². The lowest BCUT2D eigenvalue weighted by molar-refractivity contribution is -0.0241. The van der Waals surface area contributed by atoms with Gasteiger partial charge in [-0.15, -0.1) is 0 Å². The zero-order chi connectivity index (χ0) is 16.4. The molecule has 0 radical (unpaired) electrons. The first kappa shape index (κ1) is 16.6. The molecule has 128 valence electrons. The molecule has 3 rings (SSSR count). The third-order valence-electron chi connectivity index (χ3n) is 4.18. The van der Waals surface area contributed by atoms with Gasteiger partial charge in [-0.25, -0.2) is 8.42 Å². The summed E-state index contributed by atoms with van der Waals surface area (Å²) in [6.07, 6.45) is 2.61. The molecule has 1 heterocycles. The van der Waals surface area contributed by atoms with Crippen molar-refractivity contribution in [2.75, 3.05) is 31.6 Å². The van der Waals surface area contributed by atoms with Crippen LogP contribution in [0.2, 0.25) is 0 Å². The smallest absolute Gasteiger partial charge is 0.341 e. The molecule has 1 saturated heterocycles. The van der Waals surface area contributed by atoms with Crippen molar-refractivity contribution in [3.05, 3.63) is 24.3 Å². The number of sulfone groups is 1. The summed E-state index contributed by atoms with van der Waals surface area (Å²) < 4.78 is 53.4. The van der Waals surface area contributed by atoms with Crippen molar-refractivity contribution < 1.29 is 21.9 Å². The minimum Gasteiger partial charge on any atom is -0.382 e. The van der Waals surface area contributed by atoms with E-state index in [1.807, 2.05) is 0 Å². The third-order valence-corrected chi connectivity index (χ3v) is 5.58. The highest BCUT2D eigenvalue weighted by Crippen LogP contribution is 2.28. The topological polar surface area (TPSA) is 58.6 Å². The van der Waals surface area contributed by atoms with Crippen LogP contribution < -0.4 is 5.32 Å². The standard InChI is InChI=1S/C15H20F2N2O3S/c16-15(17)23(20,21)14-5-1-11(2-6-14)18-9-13-10-19(7-8-22-13)12-3-4-12/h1-2,5-6,12-13,15,18H,3-4,7-10H2. The summed E-state index contributed by atoms with van der Waals surface area (Å²) in [5.41, 5.74) is 0.686. The second-order valence-corrected chi connectivity index (χ2v) is 7.85. The summed E-state index contributed by atoms with van der Waals surface area (Å²) in [5, 5.41) is 3.17. The summed E-state index contributed by atoms with van der Waals surface area (Å²) in [4.78, 5) is 2.07. The molecule has 1 saturated carbocycles. The highest BCUT2D eigenvalue weighted by Gasteiger charge is 2.32. The minimum absolute atomic E-state index is 0.0776. The first-order valence-electron chi connectivity index (χ1n) is 7.68. The molecule has 1 aromatic carbocycles. The predicted molar refractivity (Wildman–Crippen MR) is 82.5 cm³/mol. The van der Waals surface area contributed by atoms with Gasteiger partial charge in [-0.05, 0) is 37.1 Å². The van der Waals surface area contributed by atoms with Crippen molar-refractivity contribution in [2.45, 2.75) is 35.6 Å². The zero-order valence-electron chi connectivity index (χ0n) is 12.6. The summed E-state index contributed by atoms with van der Waals surface area (Å²) in [6, 6.07) is 6.10. The second-order valence-electron chi connectivity index (χ2n) is 5.93. The van der Waals surface area contributed by atoms with Gasteiger partial charge in [0.15, 0.2) is 0 Å². The maximum Gasteiger partial charge on any atom is 0.341 e. The lowest BCUT2D eigenvalue weighted by atomic mass is 10.2. The van der Waals surface area contributed by atoms with Crippen LogP contribution in [0.1, 0.15) is 12.8 Å². The average Bonchev–Trinajstić information content (AvgIpc) is 3.38. The minimum atomic E-state index is -4.53.